The Balaban J connectivity index is 2.18. The fourth-order valence-corrected chi connectivity index (χ4v) is 2.12. The van der Waals surface area contributed by atoms with Gasteiger partial charge in [0, 0.05) is 18.8 Å². The maximum Gasteiger partial charge on any atom is 0.125 e. The average molecular weight is 224 g/mol. The monoisotopic (exact) mass is 224 g/mol. The van der Waals surface area contributed by atoms with Crippen LogP contribution in [0.3, 0.4) is 0 Å². The van der Waals surface area contributed by atoms with Crippen LogP contribution in [0.25, 0.3) is 0 Å². The number of hydrogen-bond donors (Lipinski definition) is 2. The molecule has 1 aliphatic heterocycles. The first-order chi connectivity index (χ1) is 7.66. The summed E-state index contributed by atoms with van der Waals surface area (Å²) in [6, 6.07) is 6.42. The van der Waals surface area contributed by atoms with E-state index >= 15 is 0 Å². The Morgan fingerprint density at radius 3 is 3.00 bits per heavy atom. The minimum absolute atomic E-state index is 0.0424. The Hall–Kier alpha value is -1.13. The highest BCUT2D eigenvalue weighted by Gasteiger charge is 2.40. The minimum atomic E-state index is -0.270. The van der Waals surface area contributed by atoms with Gasteiger partial charge in [-0.05, 0) is 31.5 Å². The van der Waals surface area contributed by atoms with Gasteiger partial charge in [-0.3, -0.25) is 0 Å². The summed E-state index contributed by atoms with van der Waals surface area (Å²) in [6.07, 6.45) is 0.891. The molecule has 1 aromatic rings. The minimum Gasteiger partial charge on any atom is -0.376 e. The summed E-state index contributed by atoms with van der Waals surface area (Å²) in [5.74, 6) is -0.247. The summed E-state index contributed by atoms with van der Waals surface area (Å²) in [5.41, 5.74) is 6.29. The summed E-state index contributed by atoms with van der Waals surface area (Å²) < 4.78 is 18.6. The summed E-state index contributed by atoms with van der Waals surface area (Å²) in [6.45, 7) is 3.16. The molecule has 88 valence electrons. The molecule has 1 aromatic carbocycles. The predicted molar refractivity (Wildman–Crippen MR) is 61.8 cm³/mol. The molecule has 4 heteroatoms. The van der Waals surface area contributed by atoms with Crippen LogP contribution in [0.1, 0.15) is 13.3 Å². The summed E-state index contributed by atoms with van der Waals surface area (Å²) in [7, 11) is 0. The third kappa shape index (κ3) is 2.03. The van der Waals surface area contributed by atoms with E-state index < -0.39 is 0 Å². The Bertz CT molecular complexity index is 372. The van der Waals surface area contributed by atoms with Crippen molar-refractivity contribution in [2.75, 3.05) is 18.5 Å². The van der Waals surface area contributed by atoms with Crippen LogP contribution in [-0.4, -0.2) is 24.8 Å². The number of rotatable bonds is 3. The lowest BCUT2D eigenvalue weighted by molar-refractivity contribution is 0.103. The number of benzene rings is 1. The Labute approximate surface area is 94.8 Å². The van der Waals surface area contributed by atoms with Crippen LogP contribution in [0.15, 0.2) is 24.3 Å². The van der Waals surface area contributed by atoms with Crippen LogP contribution in [0.2, 0.25) is 0 Å². The molecule has 0 saturated carbocycles. The van der Waals surface area contributed by atoms with Crippen molar-refractivity contribution in [1.29, 1.82) is 0 Å². The van der Waals surface area contributed by atoms with E-state index in [0.29, 0.717) is 13.2 Å². The molecule has 0 aliphatic carbocycles. The van der Waals surface area contributed by atoms with E-state index in [1.54, 1.807) is 6.07 Å². The molecule has 1 heterocycles. The molecule has 2 rings (SSSR count). The fourth-order valence-electron chi connectivity index (χ4n) is 2.12. The number of halogens is 1. The van der Waals surface area contributed by atoms with E-state index in [9.17, 15) is 4.39 Å². The van der Waals surface area contributed by atoms with E-state index in [2.05, 4.69) is 5.32 Å². The number of ether oxygens (including phenoxy) is 1. The molecule has 0 radical (unpaired) electrons. The lowest BCUT2D eigenvalue weighted by Gasteiger charge is -2.33. The van der Waals surface area contributed by atoms with E-state index in [4.69, 9.17) is 10.5 Å². The van der Waals surface area contributed by atoms with Crippen molar-refractivity contribution >= 4 is 5.69 Å². The second-order valence-electron chi connectivity index (χ2n) is 4.26. The number of nitrogens with two attached hydrogens (primary N) is 1. The first kappa shape index (κ1) is 11.4. The van der Waals surface area contributed by atoms with Crippen LogP contribution < -0.4 is 11.1 Å². The van der Waals surface area contributed by atoms with Gasteiger partial charge < -0.3 is 15.8 Å². The Morgan fingerprint density at radius 2 is 2.44 bits per heavy atom. The summed E-state index contributed by atoms with van der Waals surface area (Å²) in [5, 5.41) is 3.30. The highest BCUT2D eigenvalue weighted by atomic mass is 19.1. The molecule has 0 spiro atoms. The van der Waals surface area contributed by atoms with Gasteiger partial charge in [0.25, 0.3) is 0 Å². The van der Waals surface area contributed by atoms with Gasteiger partial charge in [-0.25, -0.2) is 4.39 Å². The number of nitrogens with one attached hydrogen (secondary N) is 1. The molecular weight excluding hydrogens is 207 g/mol. The molecule has 1 saturated heterocycles. The molecule has 1 aliphatic rings. The maximum absolute atomic E-state index is 13.1. The zero-order chi connectivity index (χ0) is 11.6. The molecule has 0 aromatic heterocycles. The highest BCUT2D eigenvalue weighted by molar-refractivity contribution is 5.46. The van der Waals surface area contributed by atoms with Crippen molar-refractivity contribution < 1.29 is 9.13 Å². The smallest absolute Gasteiger partial charge is 0.125 e. The molecule has 0 bridgehead atoms. The van der Waals surface area contributed by atoms with Crippen molar-refractivity contribution in [3.05, 3.63) is 30.1 Å². The zero-order valence-electron chi connectivity index (χ0n) is 9.37. The van der Waals surface area contributed by atoms with Crippen LogP contribution in [0.4, 0.5) is 10.1 Å². The zero-order valence-corrected chi connectivity index (χ0v) is 9.37. The molecule has 3 nitrogen and oxygen atoms in total. The second kappa shape index (κ2) is 4.39. The van der Waals surface area contributed by atoms with Crippen molar-refractivity contribution in [2.45, 2.75) is 25.0 Å². The molecule has 16 heavy (non-hydrogen) atoms. The van der Waals surface area contributed by atoms with Crippen LogP contribution >= 0.6 is 0 Å². The standard InChI is InChI=1S/C12H17FN2O/c1-9-12(8-14,5-6-16-9)15-11-4-2-3-10(13)7-11/h2-4,7,9,15H,5-6,8,14H2,1H3. The van der Waals surface area contributed by atoms with Gasteiger partial charge in [-0.15, -0.1) is 0 Å². The largest absolute Gasteiger partial charge is 0.376 e. The number of anilines is 1. The topological polar surface area (TPSA) is 47.3 Å². The molecule has 2 unspecified atom stereocenters. The highest BCUT2D eigenvalue weighted by Crippen LogP contribution is 2.29. The fraction of sp³-hybridized carbons (Fsp3) is 0.500. The normalized spacial score (nSPS) is 29.3. The van der Waals surface area contributed by atoms with E-state index in [1.165, 1.54) is 12.1 Å². The van der Waals surface area contributed by atoms with E-state index in [-0.39, 0.29) is 17.5 Å². The van der Waals surface area contributed by atoms with E-state index in [0.717, 1.165) is 12.1 Å². The Kier molecular flexibility index (Phi) is 3.12. The van der Waals surface area contributed by atoms with Crippen LogP contribution in [-0.2, 0) is 4.74 Å². The summed E-state index contributed by atoms with van der Waals surface area (Å²) >= 11 is 0. The van der Waals surface area contributed by atoms with Gasteiger partial charge in [-0.2, -0.15) is 0 Å². The molecule has 2 atom stereocenters. The second-order valence-corrected chi connectivity index (χ2v) is 4.26. The molecule has 3 N–H and O–H groups in total. The van der Waals surface area contributed by atoms with Crippen molar-refractivity contribution in [1.82, 2.24) is 0 Å². The predicted octanol–water partition coefficient (Wildman–Crippen LogP) is 1.74. The first-order valence-electron chi connectivity index (χ1n) is 5.52. The lowest BCUT2D eigenvalue weighted by atomic mass is 9.91. The third-order valence-corrected chi connectivity index (χ3v) is 3.28. The van der Waals surface area contributed by atoms with Crippen molar-refractivity contribution in [3.8, 4) is 0 Å². The van der Waals surface area contributed by atoms with Gasteiger partial charge >= 0.3 is 0 Å². The van der Waals surface area contributed by atoms with Crippen molar-refractivity contribution in [2.24, 2.45) is 5.73 Å². The van der Waals surface area contributed by atoms with Crippen LogP contribution in [0.5, 0.6) is 0 Å². The third-order valence-electron chi connectivity index (χ3n) is 3.28. The van der Waals surface area contributed by atoms with Gasteiger partial charge in [0.05, 0.1) is 11.6 Å². The quantitative estimate of drug-likeness (QED) is 0.822. The number of hydrogen-bond acceptors (Lipinski definition) is 3. The molecule has 0 amide bonds. The Morgan fingerprint density at radius 1 is 1.62 bits per heavy atom. The van der Waals surface area contributed by atoms with Gasteiger partial charge in [0.1, 0.15) is 5.82 Å². The average Bonchev–Trinajstić information content (AvgIpc) is 2.61. The van der Waals surface area contributed by atoms with Crippen molar-refractivity contribution in [3.63, 3.8) is 0 Å². The van der Waals surface area contributed by atoms with Crippen LogP contribution in [0, 0.1) is 5.82 Å². The first-order valence-corrected chi connectivity index (χ1v) is 5.52. The lowest BCUT2D eigenvalue weighted by Crippen LogP contribution is -2.50. The molecule has 1 fully saturated rings. The van der Waals surface area contributed by atoms with Gasteiger partial charge in [-0.1, -0.05) is 6.07 Å². The summed E-state index contributed by atoms with van der Waals surface area (Å²) in [4.78, 5) is 0. The maximum atomic E-state index is 13.1. The van der Waals surface area contributed by atoms with Gasteiger partial charge in [0.2, 0.25) is 0 Å². The van der Waals surface area contributed by atoms with E-state index in [1.807, 2.05) is 13.0 Å². The van der Waals surface area contributed by atoms with Gasteiger partial charge in [0.15, 0.2) is 0 Å². The molecular formula is C12H17FN2O. The SMILES string of the molecule is CC1OCCC1(CN)Nc1cccc(F)c1.